The number of amides is 2. The predicted molar refractivity (Wildman–Crippen MR) is 111 cm³/mol. The van der Waals surface area contributed by atoms with E-state index in [1.54, 1.807) is 0 Å². The van der Waals surface area contributed by atoms with Crippen LogP contribution in [0, 0.1) is 13.8 Å². The maximum atomic E-state index is 13.0. The second-order valence-electron chi connectivity index (χ2n) is 7.87. The molecule has 1 aromatic carbocycles. The number of piperidine rings is 1. The van der Waals surface area contributed by atoms with Crippen LogP contribution in [0.15, 0.2) is 23.0 Å². The molecule has 4 rings (SSSR count). The van der Waals surface area contributed by atoms with E-state index >= 15 is 0 Å². The first kappa shape index (κ1) is 19.2. The van der Waals surface area contributed by atoms with Crippen LogP contribution in [0.4, 0.5) is 17.5 Å². The summed E-state index contributed by atoms with van der Waals surface area (Å²) in [7, 11) is 0. The van der Waals surface area contributed by atoms with Crippen molar-refractivity contribution in [1.82, 2.24) is 9.97 Å². The van der Waals surface area contributed by atoms with Crippen molar-refractivity contribution >= 4 is 29.3 Å². The smallest absolute Gasteiger partial charge is 0.258 e. The summed E-state index contributed by atoms with van der Waals surface area (Å²) in [6.45, 7) is 5.52. The lowest BCUT2D eigenvalue weighted by Gasteiger charge is -2.29. The normalized spacial score (nSPS) is 18.8. The van der Waals surface area contributed by atoms with Crippen LogP contribution < -0.4 is 21.1 Å². The number of anilines is 3. The number of hydrogen-bond acceptors (Lipinski definition) is 5. The summed E-state index contributed by atoms with van der Waals surface area (Å²) in [6, 6.07) is 5.73. The number of rotatable bonds is 3. The van der Waals surface area contributed by atoms with Crippen LogP contribution >= 0.6 is 0 Å². The van der Waals surface area contributed by atoms with Crippen LogP contribution in [0.2, 0.25) is 0 Å². The number of benzene rings is 1. The van der Waals surface area contributed by atoms with Gasteiger partial charge in [0.15, 0.2) is 0 Å². The molecule has 0 spiro atoms. The summed E-state index contributed by atoms with van der Waals surface area (Å²) in [5.74, 6) is -0.952. The molecule has 1 saturated heterocycles. The Bertz CT molecular complexity index is 1000. The molecule has 0 bridgehead atoms. The number of nitrogens with one attached hydrogen (secondary N) is 3. The van der Waals surface area contributed by atoms with Crippen molar-refractivity contribution in [3.05, 3.63) is 45.2 Å². The largest absolute Gasteiger partial charge is 0.342 e. The van der Waals surface area contributed by atoms with Crippen molar-refractivity contribution in [2.75, 3.05) is 28.6 Å². The molecule has 3 N–H and O–H groups in total. The number of aryl methyl sites for hydroxylation is 2. The average molecular weight is 395 g/mol. The van der Waals surface area contributed by atoms with Gasteiger partial charge < -0.3 is 15.5 Å². The number of aromatic amines is 1. The van der Waals surface area contributed by atoms with E-state index in [2.05, 4.69) is 20.6 Å². The number of hydrogen-bond donors (Lipinski definition) is 3. The number of H-pyrrole nitrogens is 1. The number of aromatic nitrogens is 2. The molecule has 2 aromatic rings. The molecule has 2 aliphatic rings. The molecule has 0 saturated carbocycles. The maximum absolute atomic E-state index is 13.0. The first-order valence-electron chi connectivity index (χ1n) is 9.99. The van der Waals surface area contributed by atoms with Gasteiger partial charge in [-0.25, -0.2) is 0 Å². The molecule has 0 unspecified atom stereocenters. The highest BCUT2D eigenvalue weighted by Gasteiger charge is 2.35. The molecule has 0 radical (unpaired) electrons. The maximum Gasteiger partial charge on any atom is 0.258 e. The topological polar surface area (TPSA) is 107 Å². The molecule has 2 aliphatic heterocycles. The van der Waals surface area contributed by atoms with Gasteiger partial charge in [-0.1, -0.05) is 6.07 Å². The zero-order valence-electron chi connectivity index (χ0n) is 16.7. The third-order valence-electron chi connectivity index (χ3n) is 5.40. The summed E-state index contributed by atoms with van der Waals surface area (Å²) in [5, 5.41) is 5.52. The Morgan fingerprint density at radius 3 is 2.48 bits per heavy atom. The minimum Gasteiger partial charge on any atom is -0.342 e. The average Bonchev–Trinajstić information content (AvgIpc) is 2.66. The van der Waals surface area contributed by atoms with Gasteiger partial charge in [0, 0.05) is 25.2 Å². The Kier molecular flexibility index (Phi) is 5.08. The molecule has 29 heavy (non-hydrogen) atoms. The van der Waals surface area contributed by atoms with Crippen molar-refractivity contribution in [1.29, 1.82) is 0 Å². The van der Waals surface area contributed by atoms with E-state index in [0.717, 1.165) is 43.5 Å². The van der Waals surface area contributed by atoms with E-state index in [4.69, 9.17) is 0 Å². The summed E-state index contributed by atoms with van der Waals surface area (Å²) >= 11 is 0. The highest BCUT2D eigenvalue weighted by atomic mass is 16.2. The van der Waals surface area contributed by atoms with Gasteiger partial charge in [-0.3, -0.25) is 19.4 Å². The minimum absolute atomic E-state index is 0.0859. The Morgan fingerprint density at radius 2 is 1.79 bits per heavy atom. The SMILES string of the molecule is Cc1cc(C)cc(NC(=O)[C@@H]2CC(=O)Nc3nc(N4CCCCC4)[nH]c(=O)c32)c1. The predicted octanol–water partition coefficient (Wildman–Crippen LogP) is 2.44. The lowest BCUT2D eigenvalue weighted by Crippen LogP contribution is -2.38. The Balaban J connectivity index is 1.65. The highest BCUT2D eigenvalue weighted by molar-refractivity contribution is 6.04. The molecule has 8 nitrogen and oxygen atoms in total. The fourth-order valence-electron chi connectivity index (χ4n) is 4.12. The van der Waals surface area contributed by atoms with Crippen LogP contribution in [0.25, 0.3) is 0 Å². The van der Waals surface area contributed by atoms with Gasteiger partial charge in [0.05, 0.1) is 11.5 Å². The zero-order chi connectivity index (χ0) is 20.5. The van der Waals surface area contributed by atoms with Crippen molar-refractivity contribution < 1.29 is 9.59 Å². The lowest BCUT2D eigenvalue weighted by molar-refractivity contribution is -0.123. The summed E-state index contributed by atoms with van der Waals surface area (Å²) in [4.78, 5) is 47.4. The third kappa shape index (κ3) is 4.01. The molecular formula is C21H25N5O3. The molecule has 152 valence electrons. The van der Waals surface area contributed by atoms with Crippen LogP contribution in [0.1, 0.15) is 48.3 Å². The number of carbonyl (C=O) groups is 2. The Hall–Kier alpha value is -3.16. The fraction of sp³-hybridized carbons (Fsp3) is 0.429. The van der Waals surface area contributed by atoms with E-state index in [9.17, 15) is 14.4 Å². The third-order valence-corrected chi connectivity index (χ3v) is 5.40. The summed E-state index contributed by atoms with van der Waals surface area (Å²) < 4.78 is 0. The van der Waals surface area contributed by atoms with Gasteiger partial charge in [-0.05, 0) is 56.4 Å². The number of carbonyl (C=O) groups excluding carboxylic acids is 2. The lowest BCUT2D eigenvalue weighted by atomic mass is 9.92. The van der Waals surface area contributed by atoms with Crippen LogP contribution in [0.3, 0.4) is 0 Å². The Labute approximate surface area is 168 Å². The van der Waals surface area contributed by atoms with E-state index in [-0.39, 0.29) is 35.2 Å². The molecule has 1 fully saturated rings. The van der Waals surface area contributed by atoms with E-state index in [1.807, 2.05) is 36.9 Å². The van der Waals surface area contributed by atoms with Crippen molar-refractivity contribution in [2.24, 2.45) is 0 Å². The zero-order valence-corrected chi connectivity index (χ0v) is 16.7. The van der Waals surface area contributed by atoms with E-state index in [0.29, 0.717) is 11.6 Å². The summed E-state index contributed by atoms with van der Waals surface area (Å²) in [5.41, 5.74) is 2.53. The molecule has 8 heteroatoms. The standard InChI is InChI=1S/C21H25N5O3/c1-12-8-13(2)10-14(9-12)22-19(28)15-11-16(27)23-18-17(15)20(29)25-21(24-18)26-6-4-3-5-7-26/h8-10,15H,3-7,11H2,1-2H3,(H,22,28)(H2,23,24,25,27,29)/t15-/m1/s1. The van der Waals surface area contributed by atoms with Gasteiger partial charge in [-0.15, -0.1) is 0 Å². The first-order chi connectivity index (χ1) is 13.9. The van der Waals surface area contributed by atoms with Crippen molar-refractivity contribution in [3.8, 4) is 0 Å². The number of fused-ring (bicyclic) bond motifs is 1. The van der Waals surface area contributed by atoms with Gasteiger partial charge in [0.1, 0.15) is 5.82 Å². The molecule has 1 aromatic heterocycles. The van der Waals surface area contributed by atoms with E-state index < -0.39 is 5.92 Å². The minimum atomic E-state index is -0.883. The highest BCUT2D eigenvalue weighted by Crippen LogP contribution is 2.30. The van der Waals surface area contributed by atoms with Crippen LogP contribution in [0.5, 0.6) is 0 Å². The molecular weight excluding hydrogens is 370 g/mol. The second kappa shape index (κ2) is 7.69. The van der Waals surface area contributed by atoms with Gasteiger partial charge in [0.25, 0.3) is 5.56 Å². The van der Waals surface area contributed by atoms with Crippen LogP contribution in [-0.2, 0) is 9.59 Å². The fourth-order valence-corrected chi connectivity index (χ4v) is 4.12. The van der Waals surface area contributed by atoms with Crippen LogP contribution in [-0.4, -0.2) is 34.9 Å². The molecule has 2 amide bonds. The summed E-state index contributed by atoms with van der Waals surface area (Å²) in [6.07, 6.45) is 3.14. The molecule has 1 atom stereocenters. The van der Waals surface area contributed by atoms with Gasteiger partial charge in [0.2, 0.25) is 17.8 Å². The van der Waals surface area contributed by atoms with Crippen molar-refractivity contribution in [3.63, 3.8) is 0 Å². The molecule has 0 aliphatic carbocycles. The number of nitrogens with zero attached hydrogens (tertiary/aromatic N) is 2. The second-order valence-corrected chi connectivity index (χ2v) is 7.87. The Morgan fingerprint density at radius 1 is 1.10 bits per heavy atom. The van der Waals surface area contributed by atoms with E-state index in [1.165, 1.54) is 0 Å². The quantitative estimate of drug-likeness (QED) is 0.740. The molecule has 3 heterocycles. The van der Waals surface area contributed by atoms with Gasteiger partial charge in [-0.2, -0.15) is 4.98 Å². The monoisotopic (exact) mass is 395 g/mol. The van der Waals surface area contributed by atoms with Crippen molar-refractivity contribution in [2.45, 2.75) is 45.4 Å². The van der Waals surface area contributed by atoms with Gasteiger partial charge >= 0.3 is 0 Å². The first-order valence-corrected chi connectivity index (χ1v) is 9.99.